The van der Waals surface area contributed by atoms with Crippen LogP contribution in [-0.4, -0.2) is 36.7 Å². The molecular weight excluding hydrogens is 368 g/mol. The van der Waals surface area contributed by atoms with Crippen molar-refractivity contribution in [3.63, 3.8) is 0 Å². The van der Waals surface area contributed by atoms with Crippen molar-refractivity contribution in [2.45, 2.75) is 6.92 Å². The Balaban J connectivity index is 1.98. The smallest absolute Gasteiger partial charge is 0.338 e. The number of amides is 1. The highest BCUT2D eigenvalue weighted by Gasteiger charge is 2.12. The quantitative estimate of drug-likeness (QED) is 0.603. The maximum absolute atomic E-state index is 12.3. The van der Waals surface area contributed by atoms with E-state index in [2.05, 4.69) is 15.4 Å². The van der Waals surface area contributed by atoms with Crippen LogP contribution in [0.15, 0.2) is 48.5 Å². The molecule has 0 fully saturated rings. The van der Waals surface area contributed by atoms with E-state index >= 15 is 0 Å². The standard InChI is InChI=1S/C19H18N2O5S/c1-3-26-18(24)12-7-9-15(10-8-12)20-19(27)21-16(22)13-5-4-6-14(11-13)17(23)25-2/h4-11H,3H2,1-2H3,(H2,20,21,22,27). The summed E-state index contributed by atoms with van der Waals surface area (Å²) in [4.78, 5) is 35.4. The van der Waals surface area contributed by atoms with Crippen molar-refractivity contribution in [1.82, 2.24) is 5.32 Å². The van der Waals surface area contributed by atoms with Gasteiger partial charge in [-0.1, -0.05) is 6.07 Å². The van der Waals surface area contributed by atoms with Gasteiger partial charge in [-0.2, -0.15) is 0 Å². The van der Waals surface area contributed by atoms with E-state index in [1.807, 2.05) is 0 Å². The third-order valence-electron chi connectivity index (χ3n) is 3.43. The second kappa shape index (κ2) is 9.44. The molecule has 2 rings (SSSR count). The third kappa shape index (κ3) is 5.61. The Bertz CT molecular complexity index is 865. The molecule has 1 amide bonds. The van der Waals surface area contributed by atoms with E-state index in [0.717, 1.165) is 0 Å². The molecule has 0 heterocycles. The number of hydrogen-bond acceptors (Lipinski definition) is 6. The first-order valence-electron chi connectivity index (χ1n) is 8.02. The number of carbonyl (C=O) groups excluding carboxylic acids is 3. The first-order chi connectivity index (χ1) is 12.9. The van der Waals surface area contributed by atoms with E-state index in [0.29, 0.717) is 17.9 Å². The summed E-state index contributed by atoms with van der Waals surface area (Å²) in [5.74, 6) is -1.42. The summed E-state index contributed by atoms with van der Waals surface area (Å²) in [6.45, 7) is 2.03. The summed E-state index contributed by atoms with van der Waals surface area (Å²) in [5, 5.41) is 5.45. The fraction of sp³-hybridized carbons (Fsp3) is 0.158. The van der Waals surface area contributed by atoms with Crippen LogP contribution in [0.25, 0.3) is 0 Å². The fourth-order valence-corrected chi connectivity index (χ4v) is 2.36. The van der Waals surface area contributed by atoms with E-state index in [9.17, 15) is 14.4 Å². The normalized spacial score (nSPS) is 9.85. The highest BCUT2D eigenvalue weighted by atomic mass is 32.1. The van der Waals surface area contributed by atoms with Gasteiger partial charge in [0.15, 0.2) is 5.11 Å². The molecule has 0 saturated carbocycles. The predicted octanol–water partition coefficient (Wildman–Crippen LogP) is 2.78. The maximum atomic E-state index is 12.3. The van der Waals surface area contributed by atoms with Crippen molar-refractivity contribution < 1.29 is 23.9 Å². The van der Waals surface area contributed by atoms with E-state index in [-0.39, 0.29) is 16.2 Å². The minimum atomic E-state index is -0.535. The Kier molecular flexibility index (Phi) is 7.01. The zero-order chi connectivity index (χ0) is 19.8. The first kappa shape index (κ1) is 20.1. The predicted molar refractivity (Wildman–Crippen MR) is 104 cm³/mol. The van der Waals surface area contributed by atoms with Crippen molar-refractivity contribution in [3.05, 3.63) is 65.2 Å². The second-order valence-electron chi connectivity index (χ2n) is 5.28. The highest BCUT2D eigenvalue weighted by molar-refractivity contribution is 7.80. The Morgan fingerprint density at radius 2 is 1.63 bits per heavy atom. The van der Waals surface area contributed by atoms with Crippen LogP contribution in [0, 0.1) is 0 Å². The van der Waals surface area contributed by atoms with Gasteiger partial charge in [0.1, 0.15) is 0 Å². The lowest BCUT2D eigenvalue weighted by atomic mass is 10.1. The summed E-state index contributed by atoms with van der Waals surface area (Å²) >= 11 is 5.12. The number of benzene rings is 2. The Morgan fingerprint density at radius 3 is 2.26 bits per heavy atom. The molecule has 0 aliphatic carbocycles. The minimum absolute atomic E-state index is 0.0763. The van der Waals surface area contributed by atoms with Crippen LogP contribution in [0.5, 0.6) is 0 Å². The number of anilines is 1. The molecule has 2 aromatic rings. The van der Waals surface area contributed by atoms with Crippen LogP contribution in [-0.2, 0) is 9.47 Å². The monoisotopic (exact) mass is 386 g/mol. The van der Waals surface area contributed by atoms with Gasteiger partial charge in [-0.25, -0.2) is 9.59 Å². The summed E-state index contributed by atoms with van der Waals surface area (Å²) in [6.07, 6.45) is 0. The number of hydrogen-bond donors (Lipinski definition) is 2. The summed E-state index contributed by atoms with van der Waals surface area (Å²) < 4.78 is 9.54. The lowest BCUT2D eigenvalue weighted by Gasteiger charge is -2.10. The van der Waals surface area contributed by atoms with Crippen LogP contribution in [0.2, 0.25) is 0 Å². The van der Waals surface area contributed by atoms with Gasteiger partial charge in [-0.05, 0) is 61.6 Å². The van der Waals surface area contributed by atoms with Gasteiger partial charge in [0.05, 0.1) is 24.8 Å². The van der Waals surface area contributed by atoms with E-state index in [1.54, 1.807) is 49.4 Å². The Hall–Kier alpha value is -3.26. The molecule has 0 saturated heterocycles. The number of ether oxygens (including phenoxy) is 2. The highest BCUT2D eigenvalue weighted by Crippen LogP contribution is 2.11. The molecular formula is C19H18N2O5S. The number of rotatable bonds is 5. The Morgan fingerprint density at radius 1 is 0.963 bits per heavy atom. The average Bonchev–Trinajstić information content (AvgIpc) is 2.68. The van der Waals surface area contributed by atoms with Crippen molar-refractivity contribution in [1.29, 1.82) is 0 Å². The molecule has 8 heteroatoms. The van der Waals surface area contributed by atoms with Gasteiger partial charge < -0.3 is 14.8 Å². The number of nitrogens with one attached hydrogen (secondary N) is 2. The number of methoxy groups -OCH3 is 1. The second-order valence-corrected chi connectivity index (χ2v) is 5.69. The summed E-state index contributed by atoms with van der Waals surface area (Å²) in [6, 6.07) is 12.5. The molecule has 0 atom stereocenters. The molecule has 0 aliphatic rings. The van der Waals surface area contributed by atoms with Crippen molar-refractivity contribution in [2.75, 3.05) is 19.0 Å². The van der Waals surface area contributed by atoms with Gasteiger partial charge in [-0.15, -0.1) is 0 Å². The zero-order valence-electron chi connectivity index (χ0n) is 14.8. The molecule has 0 unspecified atom stereocenters. The number of esters is 2. The van der Waals surface area contributed by atoms with Crippen LogP contribution in [0.4, 0.5) is 5.69 Å². The van der Waals surface area contributed by atoms with Gasteiger partial charge in [0.2, 0.25) is 0 Å². The van der Waals surface area contributed by atoms with E-state index in [4.69, 9.17) is 17.0 Å². The van der Waals surface area contributed by atoms with Gasteiger partial charge in [-0.3, -0.25) is 10.1 Å². The average molecular weight is 386 g/mol. The molecule has 2 N–H and O–H groups in total. The van der Waals surface area contributed by atoms with Crippen LogP contribution < -0.4 is 10.6 Å². The van der Waals surface area contributed by atoms with Gasteiger partial charge in [0, 0.05) is 11.3 Å². The molecule has 140 valence electrons. The van der Waals surface area contributed by atoms with Crippen molar-refractivity contribution in [3.8, 4) is 0 Å². The lowest BCUT2D eigenvalue weighted by molar-refractivity contribution is 0.0525. The third-order valence-corrected chi connectivity index (χ3v) is 3.63. The van der Waals surface area contributed by atoms with Crippen molar-refractivity contribution in [2.24, 2.45) is 0 Å². The maximum Gasteiger partial charge on any atom is 0.338 e. The molecule has 0 aromatic heterocycles. The molecule has 7 nitrogen and oxygen atoms in total. The minimum Gasteiger partial charge on any atom is -0.465 e. The molecule has 0 aliphatic heterocycles. The molecule has 0 spiro atoms. The van der Waals surface area contributed by atoms with Crippen LogP contribution >= 0.6 is 12.2 Å². The van der Waals surface area contributed by atoms with Gasteiger partial charge >= 0.3 is 11.9 Å². The molecule has 0 radical (unpaired) electrons. The SMILES string of the molecule is CCOC(=O)c1ccc(NC(=S)NC(=O)c2cccc(C(=O)OC)c2)cc1. The van der Waals surface area contributed by atoms with Crippen LogP contribution in [0.3, 0.4) is 0 Å². The number of thiocarbonyl (C=S) groups is 1. The Labute approximate surface area is 161 Å². The fourth-order valence-electron chi connectivity index (χ4n) is 2.15. The van der Waals surface area contributed by atoms with E-state index in [1.165, 1.54) is 13.2 Å². The van der Waals surface area contributed by atoms with Crippen LogP contribution in [0.1, 0.15) is 38.0 Å². The number of carbonyl (C=O) groups is 3. The zero-order valence-corrected chi connectivity index (χ0v) is 15.6. The van der Waals surface area contributed by atoms with E-state index < -0.39 is 17.8 Å². The molecule has 2 aromatic carbocycles. The van der Waals surface area contributed by atoms with Gasteiger partial charge in [0.25, 0.3) is 5.91 Å². The summed E-state index contributed by atoms with van der Waals surface area (Å²) in [7, 11) is 1.27. The van der Waals surface area contributed by atoms with Crippen molar-refractivity contribution >= 4 is 40.9 Å². The molecule has 0 bridgehead atoms. The lowest BCUT2D eigenvalue weighted by Crippen LogP contribution is -2.34. The largest absolute Gasteiger partial charge is 0.465 e. The first-order valence-corrected chi connectivity index (χ1v) is 8.43. The topological polar surface area (TPSA) is 93.7 Å². The summed E-state index contributed by atoms with van der Waals surface area (Å²) in [5.41, 5.74) is 1.53. The molecule has 27 heavy (non-hydrogen) atoms.